The minimum absolute atomic E-state index is 0.118. The summed E-state index contributed by atoms with van der Waals surface area (Å²) in [6.45, 7) is 4.64. The van der Waals surface area contributed by atoms with E-state index in [4.69, 9.17) is 0 Å². The number of hydrogen-bond acceptors (Lipinski definition) is 5. The number of aliphatic hydroxyl groups excluding tert-OH is 1. The molecule has 2 N–H and O–H groups in total. The quantitative estimate of drug-likeness (QED) is 0.715. The van der Waals surface area contributed by atoms with Gasteiger partial charge in [-0.05, 0) is 24.8 Å². The van der Waals surface area contributed by atoms with Crippen LogP contribution in [-0.2, 0) is 0 Å². The molecule has 3 rings (SSSR count). The van der Waals surface area contributed by atoms with Crippen LogP contribution in [0.5, 0.6) is 0 Å². The number of nitrogens with zero attached hydrogens (tertiary/aromatic N) is 3. The van der Waals surface area contributed by atoms with Crippen molar-refractivity contribution in [2.45, 2.75) is 25.2 Å². The number of hydrogen-bond donors (Lipinski definition) is 2. The first kappa shape index (κ1) is 12.1. The molecule has 5 heteroatoms. The van der Waals surface area contributed by atoms with E-state index in [0.29, 0.717) is 18.6 Å². The van der Waals surface area contributed by atoms with Crippen molar-refractivity contribution < 1.29 is 5.11 Å². The first-order valence-corrected chi connectivity index (χ1v) is 6.90. The molecule has 3 aliphatic rings. The molecule has 2 saturated heterocycles. The van der Waals surface area contributed by atoms with Crippen LogP contribution >= 0.6 is 0 Å². The lowest BCUT2D eigenvalue weighted by Gasteiger charge is -2.47. The number of allylic oxidation sites excluding steroid dienone is 1. The van der Waals surface area contributed by atoms with E-state index in [1.807, 2.05) is 18.5 Å². The van der Waals surface area contributed by atoms with E-state index in [1.54, 1.807) is 0 Å². The number of aliphatic imine (C=N–C) groups is 1. The molecule has 3 heterocycles. The summed E-state index contributed by atoms with van der Waals surface area (Å²) in [5.74, 6) is 0.488. The monoisotopic (exact) mass is 250 g/mol. The van der Waals surface area contributed by atoms with Crippen molar-refractivity contribution in [2.75, 3.05) is 32.8 Å². The Labute approximate surface area is 108 Å². The van der Waals surface area contributed by atoms with Gasteiger partial charge in [0.1, 0.15) is 0 Å². The number of rotatable bonds is 2. The van der Waals surface area contributed by atoms with Crippen molar-refractivity contribution in [3.63, 3.8) is 0 Å². The maximum atomic E-state index is 9.26. The van der Waals surface area contributed by atoms with E-state index in [1.165, 1.54) is 6.42 Å². The van der Waals surface area contributed by atoms with Crippen LogP contribution in [-0.4, -0.2) is 66.2 Å². The lowest BCUT2D eigenvalue weighted by Crippen LogP contribution is -2.60. The Morgan fingerprint density at radius 1 is 1.22 bits per heavy atom. The Hall–Kier alpha value is -0.910. The van der Waals surface area contributed by atoms with Gasteiger partial charge in [-0.25, -0.2) is 0 Å². The fourth-order valence-corrected chi connectivity index (χ4v) is 3.21. The second kappa shape index (κ2) is 5.38. The summed E-state index contributed by atoms with van der Waals surface area (Å²) in [6.07, 6.45) is 8.25. The van der Waals surface area contributed by atoms with Gasteiger partial charge in [0.2, 0.25) is 0 Å². The number of aliphatic hydroxyl groups is 1. The fourth-order valence-electron chi connectivity index (χ4n) is 3.21. The van der Waals surface area contributed by atoms with Crippen LogP contribution in [0, 0.1) is 5.92 Å². The van der Waals surface area contributed by atoms with Crippen LogP contribution in [0.2, 0.25) is 0 Å². The van der Waals surface area contributed by atoms with Gasteiger partial charge in [0.25, 0.3) is 0 Å². The van der Waals surface area contributed by atoms with Crippen molar-refractivity contribution >= 4 is 6.21 Å². The molecule has 100 valence electrons. The summed E-state index contributed by atoms with van der Waals surface area (Å²) in [4.78, 5) is 9.43. The van der Waals surface area contributed by atoms with Crippen molar-refractivity contribution in [2.24, 2.45) is 10.9 Å². The van der Waals surface area contributed by atoms with Crippen LogP contribution in [0.15, 0.2) is 17.3 Å². The van der Waals surface area contributed by atoms with E-state index in [-0.39, 0.29) is 6.29 Å². The fraction of sp³-hybridized carbons (Fsp3) is 0.769. The summed E-state index contributed by atoms with van der Waals surface area (Å²) in [5.41, 5.74) is 0. The summed E-state index contributed by atoms with van der Waals surface area (Å²) < 4.78 is 0. The normalized spacial score (nSPS) is 37.3. The molecular weight excluding hydrogens is 228 g/mol. The number of piperidine rings is 1. The van der Waals surface area contributed by atoms with Crippen LogP contribution in [0.1, 0.15) is 12.8 Å². The highest BCUT2D eigenvalue weighted by Gasteiger charge is 2.34. The first-order chi connectivity index (χ1) is 8.86. The Kier molecular flexibility index (Phi) is 3.63. The molecule has 1 unspecified atom stereocenters. The average molecular weight is 250 g/mol. The summed E-state index contributed by atoms with van der Waals surface area (Å²) in [6, 6.07) is 0.643. The molecule has 2 fully saturated rings. The van der Waals surface area contributed by atoms with Crippen molar-refractivity contribution in [1.82, 2.24) is 15.1 Å². The maximum Gasteiger partial charge on any atom is 0.175 e. The minimum Gasteiger partial charge on any atom is -0.396 e. The van der Waals surface area contributed by atoms with Crippen LogP contribution in [0.4, 0.5) is 0 Å². The standard InChI is InChI=1S/C13H22N4O/c18-10-11-2-3-12-9-17(7-6-16(12)8-11)13-14-4-1-5-15-13/h1,4-5,11-14,18H,2-3,6-10H2/t11-,12-,13?/m0/s1. The third-order valence-electron chi connectivity index (χ3n) is 4.30. The summed E-state index contributed by atoms with van der Waals surface area (Å²) in [7, 11) is 0. The lowest BCUT2D eigenvalue weighted by atomic mass is 9.91. The van der Waals surface area contributed by atoms with Gasteiger partial charge in [-0.2, -0.15) is 0 Å². The predicted octanol–water partition coefficient (Wildman–Crippen LogP) is -0.154. The van der Waals surface area contributed by atoms with E-state index in [9.17, 15) is 5.11 Å². The smallest absolute Gasteiger partial charge is 0.175 e. The molecule has 0 aliphatic carbocycles. The average Bonchev–Trinajstić information content (AvgIpc) is 2.47. The zero-order valence-corrected chi connectivity index (χ0v) is 10.7. The van der Waals surface area contributed by atoms with Crippen molar-refractivity contribution in [1.29, 1.82) is 0 Å². The molecule has 0 aromatic heterocycles. The maximum absolute atomic E-state index is 9.26. The Balaban J connectivity index is 1.58. The highest BCUT2D eigenvalue weighted by atomic mass is 16.3. The molecular formula is C13H22N4O. The van der Waals surface area contributed by atoms with E-state index < -0.39 is 0 Å². The first-order valence-electron chi connectivity index (χ1n) is 6.90. The topological polar surface area (TPSA) is 51.1 Å². The lowest BCUT2D eigenvalue weighted by molar-refractivity contribution is -0.00214. The Morgan fingerprint density at radius 2 is 2.11 bits per heavy atom. The Bertz CT molecular complexity index is 344. The SMILES string of the molecule is OC[C@H]1CC[C@H]2CN(C3N=CC=CN3)CCN2C1. The van der Waals surface area contributed by atoms with Gasteiger partial charge in [-0.3, -0.25) is 14.8 Å². The van der Waals surface area contributed by atoms with Gasteiger partial charge >= 0.3 is 0 Å². The van der Waals surface area contributed by atoms with Gasteiger partial charge in [-0.15, -0.1) is 0 Å². The molecule has 0 aromatic rings. The molecule has 0 saturated carbocycles. The Morgan fingerprint density at radius 3 is 2.89 bits per heavy atom. The van der Waals surface area contributed by atoms with Crippen LogP contribution in [0.25, 0.3) is 0 Å². The van der Waals surface area contributed by atoms with Crippen LogP contribution in [0.3, 0.4) is 0 Å². The molecule has 3 atom stereocenters. The molecule has 0 radical (unpaired) electrons. The third kappa shape index (κ3) is 2.43. The summed E-state index contributed by atoms with van der Waals surface area (Å²) in [5, 5.41) is 12.6. The molecule has 0 amide bonds. The highest BCUT2D eigenvalue weighted by Crippen LogP contribution is 2.25. The largest absolute Gasteiger partial charge is 0.396 e. The van der Waals surface area contributed by atoms with E-state index >= 15 is 0 Å². The molecule has 5 nitrogen and oxygen atoms in total. The van der Waals surface area contributed by atoms with Gasteiger partial charge < -0.3 is 10.4 Å². The highest BCUT2D eigenvalue weighted by molar-refractivity contribution is 5.71. The molecule has 0 spiro atoms. The van der Waals surface area contributed by atoms with Gasteiger partial charge in [-0.1, -0.05) is 0 Å². The summed E-state index contributed by atoms with van der Waals surface area (Å²) >= 11 is 0. The minimum atomic E-state index is 0.118. The van der Waals surface area contributed by atoms with Gasteiger partial charge in [0, 0.05) is 51.2 Å². The van der Waals surface area contributed by atoms with E-state index in [0.717, 1.165) is 32.6 Å². The third-order valence-corrected chi connectivity index (χ3v) is 4.30. The molecule has 0 aromatic carbocycles. The zero-order valence-electron chi connectivity index (χ0n) is 10.7. The molecule has 0 bridgehead atoms. The second-order valence-corrected chi connectivity index (χ2v) is 5.47. The van der Waals surface area contributed by atoms with Crippen molar-refractivity contribution in [3.8, 4) is 0 Å². The van der Waals surface area contributed by atoms with Crippen molar-refractivity contribution in [3.05, 3.63) is 12.3 Å². The zero-order chi connectivity index (χ0) is 12.4. The number of piperazine rings is 1. The van der Waals surface area contributed by atoms with Gasteiger partial charge in [0.15, 0.2) is 6.29 Å². The van der Waals surface area contributed by atoms with E-state index in [2.05, 4.69) is 20.1 Å². The predicted molar refractivity (Wildman–Crippen MR) is 71.3 cm³/mol. The second-order valence-electron chi connectivity index (χ2n) is 5.47. The number of fused-ring (bicyclic) bond motifs is 1. The molecule has 3 aliphatic heterocycles. The molecule has 18 heavy (non-hydrogen) atoms. The van der Waals surface area contributed by atoms with Crippen LogP contribution < -0.4 is 5.32 Å². The van der Waals surface area contributed by atoms with Gasteiger partial charge in [0.05, 0.1) is 0 Å². The number of nitrogens with one attached hydrogen (secondary N) is 1.